The molecule has 66 valence electrons. The maximum atomic E-state index is 9.28. The summed E-state index contributed by atoms with van der Waals surface area (Å²) in [5, 5.41) is 9.28. The predicted molar refractivity (Wildman–Crippen MR) is 45.8 cm³/mol. The number of hydrogen-bond donors (Lipinski definition) is 1. The molecule has 1 aromatic rings. The molecule has 1 fully saturated rings. The van der Waals surface area contributed by atoms with E-state index in [2.05, 4.69) is 4.98 Å². The molecule has 1 aliphatic carbocycles. The zero-order valence-corrected chi connectivity index (χ0v) is 7.32. The summed E-state index contributed by atoms with van der Waals surface area (Å²) in [6.45, 7) is 0.234. The van der Waals surface area contributed by atoms with Crippen LogP contribution in [0.25, 0.3) is 0 Å². The monoisotopic (exact) mass is 166 g/mol. The van der Waals surface area contributed by atoms with Gasteiger partial charge in [-0.2, -0.15) is 0 Å². The van der Waals surface area contributed by atoms with Crippen molar-refractivity contribution in [3.8, 4) is 0 Å². The van der Waals surface area contributed by atoms with Gasteiger partial charge in [-0.1, -0.05) is 6.42 Å². The van der Waals surface area contributed by atoms with Gasteiger partial charge in [0.15, 0.2) is 0 Å². The predicted octanol–water partition coefficient (Wildman–Crippen LogP) is 0.834. The minimum absolute atomic E-state index is 0.0156. The summed E-state index contributed by atoms with van der Waals surface area (Å²) in [4.78, 5) is 4.28. The van der Waals surface area contributed by atoms with Gasteiger partial charge in [-0.3, -0.25) is 0 Å². The van der Waals surface area contributed by atoms with Crippen molar-refractivity contribution in [2.75, 3.05) is 6.61 Å². The van der Waals surface area contributed by atoms with Crippen LogP contribution in [0.5, 0.6) is 0 Å². The second-order valence-corrected chi connectivity index (χ2v) is 3.65. The number of aryl methyl sites for hydroxylation is 1. The summed E-state index contributed by atoms with van der Waals surface area (Å²) in [5.41, 5.74) is -0.0156. The lowest BCUT2D eigenvalue weighted by atomic mass is 9.69. The summed E-state index contributed by atoms with van der Waals surface area (Å²) < 4.78 is 2.01. The Hall–Kier alpha value is -0.830. The van der Waals surface area contributed by atoms with Crippen molar-refractivity contribution < 1.29 is 5.11 Å². The SMILES string of the molecule is Cn1ccnc1C1(CO)CCC1. The molecule has 3 nitrogen and oxygen atoms in total. The summed E-state index contributed by atoms with van der Waals surface area (Å²) in [6, 6.07) is 0. The molecular formula is C9H14N2O. The Balaban J connectivity index is 2.33. The summed E-state index contributed by atoms with van der Waals surface area (Å²) in [7, 11) is 1.98. The summed E-state index contributed by atoms with van der Waals surface area (Å²) in [5.74, 6) is 1.04. The van der Waals surface area contributed by atoms with E-state index in [9.17, 15) is 5.11 Å². The van der Waals surface area contributed by atoms with E-state index in [1.165, 1.54) is 6.42 Å². The largest absolute Gasteiger partial charge is 0.395 e. The zero-order valence-electron chi connectivity index (χ0n) is 7.32. The number of hydrogen-bond acceptors (Lipinski definition) is 2. The third-order valence-corrected chi connectivity index (χ3v) is 2.91. The first-order valence-corrected chi connectivity index (χ1v) is 4.37. The van der Waals surface area contributed by atoms with Gasteiger partial charge in [0, 0.05) is 19.4 Å². The fraction of sp³-hybridized carbons (Fsp3) is 0.667. The molecule has 2 rings (SSSR count). The molecule has 1 aromatic heterocycles. The minimum atomic E-state index is -0.0156. The zero-order chi connectivity index (χ0) is 8.60. The van der Waals surface area contributed by atoms with Crippen molar-refractivity contribution in [1.29, 1.82) is 0 Å². The fourth-order valence-corrected chi connectivity index (χ4v) is 1.93. The Morgan fingerprint density at radius 1 is 1.67 bits per heavy atom. The smallest absolute Gasteiger partial charge is 0.116 e. The van der Waals surface area contributed by atoms with Crippen LogP contribution in [0, 0.1) is 0 Å². The standard InChI is InChI=1S/C9H14N2O/c1-11-6-5-10-8(11)9(7-12)3-2-4-9/h5-6,12H,2-4,7H2,1H3. The molecular weight excluding hydrogens is 152 g/mol. The van der Waals surface area contributed by atoms with Gasteiger partial charge in [0.2, 0.25) is 0 Å². The van der Waals surface area contributed by atoms with E-state index in [0.717, 1.165) is 18.7 Å². The van der Waals surface area contributed by atoms with Crippen molar-refractivity contribution in [3.05, 3.63) is 18.2 Å². The van der Waals surface area contributed by atoms with E-state index in [1.54, 1.807) is 6.20 Å². The fourth-order valence-electron chi connectivity index (χ4n) is 1.93. The number of aliphatic hydroxyl groups excluding tert-OH is 1. The Bertz CT molecular complexity index is 270. The molecule has 1 N–H and O–H groups in total. The molecule has 1 saturated carbocycles. The molecule has 0 bridgehead atoms. The van der Waals surface area contributed by atoms with E-state index in [4.69, 9.17) is 0 Å². The average Bonchev–Trinajstić information content (AvgIpc) is 2.36. The number of nitrogens with zero attached hydrogens (tertiary/aromatic N) is 2. The molecule has 0 aromatic carbocycles. The minimum Gasteiger partial charge on any atom is -0.395 e. The second-order valence-electron chi connectivity index (χ2n) is 3.65. The van der Waals surface area contributed by atoms with Crippen molar-refractivity contribution in [2.45, 2.75) is 24.7 Å². The second kappa shape index (κ2) is 2.59. The lowest BCUT2D eigenvalue weighted by Crippen LogP contribution is -2.40. The van der Waals surface area contributed by atoms with E-state index in [0.29, 0.717) is 0 Å². The number of imidazole rings is 1. The van der Waals surface area contributed by atoms with Gasteiger partial charge in [-0.15, -0.1) is 0 Å². The molecule has 0 spiro atoms. The molecule has 0 radical (unpaired) electrons. The van der Waals surface area contributed by atoms with Crippen LogP contribution in [0.4, 0.5) is 0 Å². The molecule has 0 aliphatic heterocycles. The Morgan fingerprint density at radius 2 is 2.42 bits per heavy atom. The van der Waals surface area contributed by atoms with Gasteiger partial charge in [0.1, 0.15) is 5.82 Å². The Labute approximate surface area is 72.0 Å². The van der Waals surface area contributed by atoms with Crippen molar-refractivity contribution in [3.63, 3.8) is 0 Å². The van der Waals surface area contributed by atoms with Crippen LogP contribution in [-0.2, 0) is 12.5 Å². The molecule has 0 atom stereocenters. The first-order valence-electron chi connectivity index (χ1n) is 4.37. The quantitative estimate of drug-likeness (QED) is 0.706. The normalized spacial score (nSPS) is 20.5. The summed E-state index contributed by atoms with van der Waals surface area (Å²) >= 11 is 0. The van der Waals surface area contributed by atoms with Crippen molar-refractivity contribution in [1.82, 2.24) is 9.55 Å². The molecule has 3 heteroatoms. The first kappa shape index (κ1) is 7.80. The van der Waals surface area contributed by atoms with Crippen LogP contribution < -0.4 is 0 Å². The molecule has 0 saturated heterocycles. The van der Waals surface area contributed by atoms with Gasteiger partial charge in [0.25, 0.3) is 0 Å². The first-order chi connectivity index (χ1) is 5.78. The maximum Gasteiger partial charge on any atom is 0.116 e. The lowest BCUT2D eigenvalue weighted by Gasteiger charge is -2.39. The van der Waals surface area contributed by atoms with Gasteiger partial charge in [-0.05, 0) is 12.8 Å². The van der Waals surface area contributed by atoms with Gasteiger partial charge < -0.3 is 9.67 Å². The van der Waals surface area contributed by atoms with E-state index in [-0.39, 0.29) is 12.0 Å². The van der Waals surface area contributed by atoms with Gasteiger partial charge in [-0.25, -0.2) is 4.98 Å². The molecule has 0 amide bonds. The highest BCUT2D eigenvalue weighted by molar-refractivity contribution is 5.14. The third kappa shape index (κ3) is 0.894. The number of rotatable bonds is 2. The van der Waals surface area contributed by atoms with Crippen LogP contribution in [0.3, 0.4) is 0 Å². The maximum absolute atomic E-state index is 9.28. The van der Waals surface area contributed by atoms with E-state index < -0.39 is 0 Å². The van der Waals surface area contributed by atoms with Crippen LogP contribution in [0.15, 0.2) is 12.4 Å². The third-order valence-electron chi connectivity index (χ3n) is 2.91. The highest BCUT2D eigenvalue weighted by Gasteiger charge is 2.41. The average molecular weight is 166 g/mol. The van der Waals surface area contributed by atoms with E-state index in [1.807, 2.05) is 17.8 Å². The number of aliphatic hydroxyl groups is 1. The Kier molecular flexibility index (Phi) is 1.68. The Morgan fingerprint density at radius 3 is 2.75 bits per heavy atom. The molecule has 0 unspecified atom stereocenters. The lowest BCUT2D eigenvalue weighted by molar-refractivity contribution is 0.109. The van der Waals surface area contributed by atoms with Crippen LogP contribution in [-0.4, -0.2) is 21.3 Å². The highest BCUT2D eigenvalue weighted by Crippen LogP contribution is 2.41. The van der Waals surface area contributed by atoms with Crippen LogP contribution in [0.2, 0.25) is 0 Å². The van der Waals surface area contributed by atoms with Crippen molar-refractivity contribution in [2.24, 2.45) is 7.05 Å². The van der Waals surface area contributed by atoms with Crippen LogP contribution >= 0.6 is 0 Å². The van der Waals surface area contributed by atoms with Gasteiger partial charge >= 0.3 is 0 Å². The molecule has 12 heavy (non-hydrogen) atoms. The topological polar surface area (TPSA) is 38.0 Å². The highest BCUT2D eigenvalue weighted by atomic mass is 16.3. The number of aromatic nitrogens is 2. The summed E-state index contributed by atoms with van der Waals surface area (Å²) in [6.07, 6.45) is 7.10. The molecule has 1 heterocycles. The molecule has 1 aliphatic rings. The van der Waals surface area contributed by atoms with Crippen molar-refractivity contribution >= 4 is 0 Å². The van der Waals surface area contributed by atoms with Gasteiger partial charge in [0.05, 0.1) is 12.0 Å². The van der Waals surface area contributed by atoms with Crippen LogP contribution in [0.1, 0.15) is 25.1 Å². The van der Waals surface area contributed by atoms with E-state index >= 15 is 0 Å².